The maximum Gasteiger partial charge on any atom is 0.279 e. The van der Waals surface area contributed by atoms with E-state index in [2.05, 4.69) is 10.0 Å². The average Bonchev–Trinajstić information content (AvgIpc) is 2.75. The van der Waals surface area contributed by atoms with Crippen molar-refractivity contribution >= 4 is 10.2 Å². The van der Waals surface area contributed by atoms with Crippen LogP contribution in [0.15, 0.2) is 0 Å². The second-order valence-corrected chi connectivity index (χ2v) is 7.14. The van der Waals surface area contributed by atoms with Crippen molar-refractivity contribution in [3.8, 4) is 0 Å². The van der Waals surface area contributed by atoms with Gasteiger partial charge in [0.25, 0.3) is 10.2 Å². The smallest absolute Gasteiger partial charge is 0.279 e. The number of nitrogens with one attached hydrogen (secondary N) is 2. The summed E-state index contributed by atoms with van der Waals surface area (Å²) in [4.78, 5) is 0. The van der Waals surface area contributed by atoms with Gasteiger partial charge in [0.15, 0.2) is 0 Å². The zero-order valence-electron chi connectivity index (χ0n) is 10.9. The Morgan fingerprint density at radius 1 is 1.50 bits per heavy atom. The summed E-state index contributed by atoms with van der Waals surface area (Å²) < 4.78 is 28.4. The summed E-state index contributed by atoms with van der Waals surface area (Å²) in [7, 11) is -3.46. The van der Waals surface area contributed by atoms with Gasteiger partial charge in [-0.3, -0.25) is 0 Å². The SMILES string of the molecule is CC1CCCCN1S(=O)(=O)NCC1(O)CCNC1. The van der Waals surface area contributed by atoms with Gasteiger partial charge in [-0.25, -0.2) is 0 Å². The molecule has 2 saturated heterocycles. The molecule has 2 atom stereocenters. The number of piperidine rings is 1. The quantitative estimate of drug-likeness (QED) is 0.642. The normalized spacial score (nSPS) is 34.9. The Balaban J connectivity index is 1.94. The van der Waals surface area contributed by atoms with Crippen molar-refractivity contribution in [3.05, 3.63) is 0 Å². The first kappa shape index (κ1) is 14.2. The Labute approximate surface area is 109 Å². The highest BCUT2D eigenvalue weighted by molar-refractivity contribution is 7.87. The van der Waals surface area contributed by atoms with Crippen LogP contribution in [0, 0.1) is 0 Å². The van der Waals surface area contributed by atoms with Crippen LogP contribution in [-0.4, -0.2) is 55.7 Å². The Morgan fingerprint density at radius 2 is 2.28 bits per heavy atom. The topological polar surface area (TPSA) is 81.7 Å². The van der Waals surface area contributed by atoms with Crippen molar-refractivity contribution in [1.82, 2.24) is 14.3 Å². The van der Waals surface area contributed by atoms with E-state index in [0.29, 0.717) is 19.5 Å². The standard InChI is InChI=1S/C11H23N3O3S/c1-10-4-2-3-7-14(10)18(16,17)13-9-11(15)5-6-12-8-11/h10,12-13,15H,2-9H2,1H3. The minimum atomic E-state index is -3.46. The van der Waals surface area contributed by atoms with Crippen molar-refractivity contribution in [2.24, 2.45) is 0 Å². The highest BCUT2D eigenvalue weighted by Crippen LogP contribution is 2.20. The summed E-state index contributed by atoms with van der Waals surface area (Å²) in [5.74, 6) is 0. The Kier molecular flexibility index (Phi) is 4.28. The van der Waals surface area contributed by atoms with Crippen LogP contribution in [0.3, 0.4) is 0 Å². The summed E-state index contributed by atoms with van der Waals surface area (Å²) in [6.07, 6.45) is 3.50. The molecule has 0 saturated carbocycles. The van der Waals surface area contributed by atoms with Crippen LogP contribution in [-0.2, 0) is 10.2 Å². The van der Waals surface area contributed by atoms with Crippen molar-refractivity contribution in [3.63, 3.8) is 0 Å². The molecule has 2 aliphatic rings. The van der Waals surface area contributed by atoms with Crippen molar-refractivity contribution < 1.29 is 13.5 Å². The first-order chi connectivity index (χ1) is 8.43. The molecule has 2 unspecified atom stereocenters. The molecule has 0 aromatic carbocycles. The minimum Gasteiger partial charge on any atom is -0.387 e. The number of hydrogen-bond donors (Lipinski definition) is 3. The van der Waals surface area contributed by atoms with Gasteiger partial charge < -0.3 is 10.4 Å². The Morgan fingerprint density at radius 3 is 2.89 bits per heavy atom. The molecule has 3 N–H and O–H groups in total. The van der Waals surface area contributed by atoms with Crippen LogP contribution in [0.4, 0.5) is 0 Å². The van der Waals surface area contributed by atoms with E-state index in [-0.39, 0.29) is 12.6 Å². The lowest BCUT2D eigenvalue weighted by Crippen LogP contribution is -2.52. The molecule has 2 fully saturated rings. The van der Waals surface area contributed by atoms with E-state index in [9.17, 15) is 13.5 Å². The van der Waals surface area contributed by atoms with Gasteiger partial charge >= 0.3 is 0 Å². The van der Waals surface area contributed by atoms with Crippen LogP contribution in [0.2, 0.25) is 0 Å². The van der Waals surface area contributed by atoms with E-state index in [1.165, 1.54) is 4.31 Å². The van der Waals surface area contributed by atoms with Gasteiger partial charge in [0, 0.05) is 25.7 Å². The first-order valence-corrected chi connectivity index (χ1v) is 8.07. The number of hydrogen-bond acceptors (Lipinski definition) is 4. The molecule has 18 heavy (non-hydrogen) atoms. The fourth-order valence-corrected chi connectivity index (χ4v) is 4.18. The number of rotatable bonds is 4. The van der Waals surface area contributed by atoms with Gasteiger partial charge in [0.05, 0.1) is 5.60 Å². The van der Waals surface area contributed by atoms with Crippen LogP contribution in [0.25, 0.3) is 0 Å². The molecule has 0 bridgehead atoms. The van der Waals surface area contributed by atoms with Gasteiger partial charge in [-0.2, -0.15) is 17.4 Å². The van der Waals surface area contributed by atoms with Crippen LogP contribution < -0.4 is 10.0 Å². The fourth-order valence-electron chi connectivity index (χ4n) is 2.62. The van der Waals surface area contributed by atoms with Gasteiger partial charge in [0.2, 0.25) is 0 Å². The highest BCUT2D eigenvalue weighted by Gasteiger charge is 2.35. The third-order valence-electron chi connectivity index (χ3n) is 3.86. The predicted octanol–water partition coefficient (Wildman–Crippen LogP) is -0.580. The Bertz CT molecular complexity index is 379. The van der Waals surface area contributed by atoms with E-state index in [0.717, 1.165) is 25.8 Å². The number of aliphatic hydroxyl groups is 1. The molecule has 2 heterocycles. The molecule has 0 aliphatic carbocycles. The van der Waals surface area contributed by atoms with E-state index in [4.69, 9.17) is 0 Å². The molecule has 0 spiro atoms. The molecule has 2 aliphatic heterocycles. The monoisotopic (exact) mass is 277 g/mol. The highest BCUT2D eigenvalue weighted by atomic mass is 32.2. The summed E-state index contributed by atoms with van der Waals surface area (Å²) >= 11 is 0. The van der Waals surface area contributed by atoms with Crippen LogP contribution in [0.5, 0.6) is 0 Å². The molecule has 2 rings (SSSR count). The zero-order valence-corrected chi connectivity index (χ0v) is 11.7. The third-order valence-corrected chi connectivity index (χ3v) is 5.52. The van der Waals surface area contributed by atoms with Crippen LogP contribution >= 0.6 is 0 Å². The van der Waals surface area contributed by atoms with E-state index in [1.54, 1.807) is 0 Å². The van der Waals surface area contributed by atoms with Crippen molar-refractivity contribution in [1.29, 1.82) is 0 Å². The van der Waals surface area contributed by atoms with Crippen molar-refractivity contribution in [2.45, 2.75) is 44.2 Å². The number of nitrogens with zero attached hydrogens (tertiary/aromatic N) is 1. The molecule has 0 aromatic heterocycles. The van der Waals surface area contributed by atoms with Crippen LogP contribution in [0.1, 0.15) is 32.6 Å². The molecule has 0 aromatic rings. The lowest BCUT2D eigenvalue weighted by Gasteiger charge is -2.33. The van der Waals surface area contributed by atoms with Gasteiger partial charge in [0.1, 0.15) is 0 Å². The van der Waals surface area contributed by atoms with Gasteiger partial charge in [-0.1, -0.05) is 6.42 Å². The molecule has 106 valence electrons. The molecule has 0 amide bonds. The fraction of sp³-hybridized carbons (Fsp3) is 1.00. The summed E-state index contributed by atoms with van der Waals surface area (Å²) in [5.41, 5.74) is -0.938. The van der Waals surface area contributed by atoms with E-state index < -0.39 is 15.8 Å². The maximum atomic E-state index is 12.2. The van der Waals surface area contributed by atoms with E-state index in [1.807, 2.05) is 6.92 Å². The van der Waals surface area contributed by atoms with Gasteiger partial charge in [-0.15, -0.1) is 0 Å². The third kappa shape index (κ3) is 3.21. The summed E-state index contributed by atoms with van der Waals surface area (Å²) in [5, 5.41) is 13.1. The van der Waals surface area contributed by atoms with Crippen molar-refractivity contribution in [2.75, 3.05) is 26.2 Å². The summed E-state index contributed by atoms with van der Waals surface area (Å²) in [6.45, 7) is 3.78. The minimum absolute atomic E-state index is 0.0487. The second kappa shape index (κ2) is 5.42. The molecule has 0 radical (unpaired) electrons. The largest absolute Gasteiger partial charge is 0.387 e. The second-order valence-electron chi connectivity index (χ2n) is 5.43. The molecular formula is C11H23N3O3S. The molecule has 7 heteroatoms. The maximum absolute atomic E-state index is 12.2. The average molecular weight is 277 g/mol. The zero-order chi connectivity index (χ0) is 13.2. The predicted molar refractivity (Wildman–Crippen MR) is 69.4 cm³/mol. The number of β-amino-alcohol motifs (C(OH)–C–C–N with tert-alkyl or cyclic N) is 1. The lowest BCUT2D eigenvalue weighted by molar-refractivity contribution is 0.0660. The Hall–Kier alpha value is -0.210. The van der Waals surface area contributed by atoms with Gasteiger partial charge in [-0.05, 0) is 32.7 Å². The lowest BCUT2D eigenvalue weighted by atomic mass is 10.1. The first-order valence-electron chi connectivity index (χ1n) is 6.62. The van der Waals surface area contributed by atoms with E-state index >= 15 is 0 Å². The molecular weight excluding hydrogens is 254 g/mol. The summed E-state index contributed by atoms with van der Waals surface area (Å²) in [6, 6.07) is 0.0487. The molecule has 6 nitrogen and oxygen atoms in total.